The van der Waals surface area contributed by atoms with E-state index in [1.807, 2.05) is 0 Å². The van der Waals surface area contributed by atoms with Crippen molar-refractivity contribution in [3.05, 3.63) is 17.0 Å². The van der Waals surface area contributed by atoms with Crippen LogP contribution in [0.25, 0.3) is 0 Å². The molecule has 0 fully saturated rings. The average Bonchev–Trinajstić information content (AvgIpc) is 2.87. The number of rotatable bonds is 7. The minimum atomic E-state index is -3.97. The molecule has 0 saturated carbocycles. The molecule has 112 valence electrons. The molecule has 0 aliphatic heterocycles. The number of carboxylic acid groups (broad SMARTS) is 1. The van der Waals surface area contributed by atoms with Crippen LogP contribution in [0.1, 0.15) is 30.1 Å². The summed E-state index contributed by atoms with van der Waals surface area (Å²) in [5, 5.41) is 10.3. The summed E-state index contributed by atoms with van der Waals surface area (Å²) in [6.07, 6.45) is 0.709. The van der Waals surface area contributed by atoms with E-state index >= 15 is 0 Å². The van der Waals surface area contributed by atoms with E-state index in [2.05, 4.69) is 9.46 Å². The minimum Gasteiger partial charge on any atom is -0.480 e. The van der Waals surface area contributed by atoms with Crippen molar-refractivity contribution in [2.75, 3.05) is 7.11 Å². The lowest BCUT2D eigenvalue weighted by molar-refractivity contribution is -0.139. The summed E-state index contributed by atoms with van der Waals surface area (Å²) in [4.78, 5) is 22.2. The fourth-order valence-electron chi connectivity index (χ4n) is 1.45. The van der Waals surface area contributed by atoms with Crippen molar-refractivity contribution < 1.29 is 27.9 Å². The molecule has 0 aliphatic carbocycles. The normalized spacial score (nSPS) is 12.9. The number of hydrogen-bond acceptors (Lipinski definition) is 6. The zero-order valence-electron chi connectivity index (χ0n) is 11.0. The fraction of sp³-hybridized carbons (Fsp3) is 0.455. The van der Waals surface area contributed by atoms with E-state index < -0.39 is 28.0 Å². The monoisotopic (exact) mass is 321 g/mol. The summed E-state index contributed by atoms with van der Waals surface area (Å²) in [5.74, 6) is -1.88. The number of sulfonamides is 1. The SMILES string of the molecule is CCCC(NS(=O)(=O)c1cc(C(=O)OC)cs1)C(=O)O. The number of aliphatic carboxylic acids is 1. The molecular formula is C11H15NO6S2. The fourth-order valence-corrected chi connectivity index (χ4v) is 3.84. The Bertz CT molecular complexity index is 592. The predicted molar refractivity (Wildman–Crippen MR) is 72.3 cm³/mol. The van der Waals surface area contributed by atoms with Gasteiger partial charge in [0.15, 0.2) is 0 Å². The third-order valence-electron chi connectivity index (χ3n) is 2.43. The lowest BCUT2D eigenvalue weighted by atomic mass is 10.2. The summed E-state index contributed by atoms with van der Waals surface area (Å²) in [5.41, 5.74) is 0.111. The largest absolute Gasteiger partial charge is 0.480 e. The lowest BCUT2D eigenvalue weighted by Gasteiger charge is -2.12. The second kappa shape index (κ2) is 6.82. The van der Waals surface area contributed by atoms with Crippen LogP contribution in [0.15, 0.2) is 15.7 Å². The molecule has 0 spiro atoms. The van der Waals surface area contributed by atoms with Gasteiger partial charge < -0.3 is 9.84 Å². The first-order valence-corrected chi connectivity index (χ1v) is 8.10. The molecule has 1 rings (SSSR count). The van der Waals surface area contributed by atoms with Crippen molar-refractivity contribution in [3.8, 4) is 0 Å². The Morgan fingerprint density at radius 1 is 1.50 bits per heavy atom. The highest BCUT2D eigenvalue weighted by atomic mass is 32.2. The molecule has 20 heavy (non-hydrogen) atoms. The maximum Gasteiger partial charge on any atom is 0.338 e. The van der Waals surface area contributed by atoms with Gasteiger partial charge in [-0.15, -0.1) is 11.3 Å². The standard InChI is InChI=1S/C11H15NO6S2/c1-3-4-8(10(13)14)12-20(16,17)9-5-7(6-19-9)11(15)18-2/h5-6,8,12H,3-4H2,1-2H3,(H,13,14). The molecule has 1 aromatic heterocycles. The minimum absolute atomic E-state index is 0.111. The first kappa shape index (κ1) is 16.6. The molecule has 0 bridgehead atoms. The van der Waals surface area contributed by atoms with Crippen LogP contribution in [-0.2, 0) is 19.6 Å². The molecule has 1 heterocycles. The van der Waals surface area contributed by atoms with Crippen LogP contribution in [0.5, 0.6) is 0 Å². The van der Waals surface area contributed by atoms with E-state index in [0.29, 0.717) is 6.42 Å². The van der Waals surface area contributed by atoms with Gasteiger partial charge in [-0.1, -0.05) is 13.3 Å². The molecule has 7 nitrogen and oxygen atoms in total. The third kappa shape index (κ3) is 4.02. The molecule has 1 atom stereocenters. The highest BCUT2D eigenvalue weighted by Gasteiger charge is 2.26. The van der Waals surface area contributed by atoms with Crippen molar-refractivity contribution in [2.24, 2.45) is 0 Å². The molecule has 0 amide bonds. The maximum absolute atomic E-state index is 12.0. The van der Waals surface area contributed by atoms with E-state index in [-0.39, 0.29) is 16.2 Å². The number of hydrogen-bond donors (Lipinski definition) is 2. The highest BCUT2D eigenvalue weighted by molar-refractivity contribution is 7.91. The number of methoxy groups -OCH3 is 1. The Morgan fingerprint density at radius 3 is 2.65 bits per heavy atom. The molecule has 0 saturated heterocycles. The van der Waals surface area contributed by atoms with Crippen molar-refractivity contribution in [1.82, 2.24) is 4.72 Å². The smallest absolute Gasteiger partial charge is 0.338 e. The van der Waals surface area contributed by atoms with Gasteiger partial charge in [-0.25, -0.2) is 13.2 Å². The Morgan fingerprint density at radius 2 is 2.15 bits per heavy atom. The van der Waals surface area contributed by atoms with Gasteiger partial charge in [0.05, 0.1) is 12.7 Å². The van der Waals surface area contributed by atoms with Gasteiger partial charge in [-0.05, 0) is 12.5 Å². The number of esters is 1. The molecule has 0 radical (unpaired) electrons. The van der Waals surface area contributed by atoms with Crippen molar-refractivity contribution >= 4 is 33.3 Å². The topological polar surface area (TPSA) is 110 Å². The van der Waals surface area contributed by atoms with Crippen LogP contribution in [0.2, 0.25) is 0 Å². The Labute approximate surface area is 120 Å². The Kier molecular flexibility index (Phi) is 5.66. The van der Waals surface area contributed by atoms with E-state index in [0.717, 1.165) is 17.4 Å². The quantitative estimate of drug-likeness (QED) is 0.727. The molecular weight excluding hydrogens is 306 g/mol. The van der Waals surface area contributed by atoms with Gasteiger partial charge in [-0.2, -0.15) is 4.72 Å². The van der Waals surface area contributed by atoms with Crippen molar-refractivity contribution in [1.29, 1.82) is 0 Å². The number of thiophene rings is 1. The van der Waals surface area contributed by atoms with Crippen LogP contribution in [0, 0.1) is 0 Å². The first-order valence-electron chi connectivity index (χ1n) is 5.73. The summed E-state index contributed by atoms with van der Waals surface area (Å²) < 4.78 is 30.5. The summed E-state index contributed by atoms with van der Waals surface area (Å²) in [6, 6.07) is -0.0300. The summed E-state index contributed by atoms with van der Waals surface area (Å²) in [6.45, 7) is 1.75. The van der Waals surface area contributed by atoms with E-state index in [4.69, 9.17) is 5.11 Å². The number of carboxylic acids is 1. The van der Waals surface area contributed by atoms with Crippen LogP contribution < -0.4 is 4.72 Å². The van der Waals surface area contributed by atoms with Gasteiger partial charge >= 0.3 is 11.9 Å². The summed E-state index contributed by atoms with van der Waals surface area (Å²) in [7, 11) is -2.78. The third-order valence-corrected chi connectivity index (χ3v) is 5.35. The highest BCUT2D eigenvalue weighted by Crippen LogP contribution is 2.21. The van der Waals surface area contributed by atoms with E-state index in [1.54, 1.807) is 6.92 Å². The second-order valence-electron chi connectivity index (χ2n) is 3.95. The van der Waals surface area contributed by atoms with Gasteiger partial charge in [-0.3, -0.25) is 4.79 Å². The van der Waals surface area contributed by atoms with Gasteiger partial charge in [0.2, 0.25) is 0 Å². The predicted octanol–water partition coefficient (Wildman–Crippen LogP) is 1.07. The second-order valence-corrected chi connectivity index (χ2v) is 6.80. The number of carbonyl (C=O) groups excluding carboxylic acids is 1. The van der Waals surface area contributed by atoms with Crippen LogP contribution in [-0.4, -0.2) is 38.6 Å². The lowest BCUT2D eigenvalue weighted by Crippen LogP contribution is -2.40. The van der Waals surface area contributed by atoms with E-state index in [9.17, 15) is 18.0 Å². The molecule has 1 aromatic rings. The van der Waals surface area contributed by atoms with Crippen molar-refractivity contribution in [3.63, 3.8) is 0 Å². The summed E-state index contributed by atoms with van der Waals surface area (Å²) >= 11 is 0.828. The Hall–Kier alpha value is -1.45. The molecule has 0 aromatic carbocycles. The molecule has 9 heteroatoms. The number of nitrogens with one attached hydrogen (secondary N) is 1. The first-order chi connectivity index (χ1) is 9.31. The number of ether oxygens (including phenoxy) is 1. The molecule has 0 aliphatic rings. The van der Waals surface area contributed by atoms with Gasteiger partial charge in [0.25, 0.3) is 10.0 Å². The average molecular weight is 321 g/mol. The van der Waals surface area contributed by atoms with Gasteiger partial charge in [0, 0.05) is 5.38 Å². The number of carbonyl (C=O) groups is 2. The van der Waals surface area contributed by atoms with Crippen LogP contribution in [0.3, 0.4) is 0 Å². The molecule has 1 unspecified atom stereocenters. The van der Waals surface area contributed by atoms with E-state index in [1.165, 1.54) is 12.5 Å². The Balaban J connectivity index is 2.95. The zero-order valence-corrected chi connectivity index (χ0v) is 12.6. The van der Waals surface area contributed by atoms with Crippen LogP contribution in [0.4, 0.5) is 0 Å². The maximum atomic E-state index is 12.0. The zero-order chi connectivity index (χ0) is 15.3. The molecule has 2 N–H and O–H groups in total. The van der Waals surface area contributed by atoms with Crippen LogP contribution >= 0.6 is 11.3 Å². The van der Waals surface area contributed by atoms with Crippen molar-refractivity contribution in [2.45, 2.75) is 30.0 Å². The van der Waals surface area contributed by atoms with Gasteiger partial charge in [0.1, 0.15) is 10.3 Å².